The summed E-state index contributed by atoms with van der Waals surface area (Å²) in [5, 5.41) is 3.16. The van der Waals surface area contributed by atoms with Crippen molar-refractivity contribution in [2.24, 2.45) is 0 Å². The molecule has 1 saturated heterocycles. The number of nitrogens with one attached hydrogen (secondary N) is 1. The summed E-state index contributed by atoms with van der Waals surface area (Å²) < 4.78 is 5.43. The maximum atomic E-state index is 12.0. The van der Waals surface area contributed by atoms with E-state index in [0.717, 1.165) is 17.0 Å². The number of anilines is 1. The molecule has 5 heteroatoms. The van der Waals surface area contributed by atoms with Crippen molar-refractivity contribution in [3.05, 3.63) is 23.8 Å². The third-order valence-corrected chi connectivity index (χ3v) is 3.40. The Bertz CT molecular complexity index is 528. The molecule has 1 heterocycles. The second-order valence-electron chi connectivity index (χ2n) is 4.79. The van der Waals surface area contributed by atoms with Crippen LogP contribution in [0.2, 0.25) is 0 Å². The van der Waals surface area contributed by atoms with Crippen molar-refractivity contribution in [3.63, 3.8) is 0 Å². The number of benzene rings is 1. The molecule has 0 radical (unpaired) electrons. The van der Waals surface area contributed by atoms with Gasteiger partial charge in [-0.05, 0) is 44.5 Å². The molecule has 20 heavy (non-hydrogen) atoms. The Morgan fingerprint density at radius 3 is 2.65 bits per heavy atom. The number of likely N-dealkylation sites (N-methyl/N-ethyl adjacent to an activating group) is 1. The minimum Gasteiger partial charge on any atom is -0.494 e. The van der Waals surface area contributed by atoms with Crippen LogP contribution in [0.4, 0.5) is 5.69 Å². The SMILES string of the molecule is CCOc1ccc(NC2CC(=O)N(CC)C2=O)c(C)c1. The van der Waals surface area contributed by atoms with Gasteiger partial charge in [0.25, 0.3) is 5.91 Å². The minimum atomic E-state index is -0.459. The number of carbonyl (C=O) groups excluding carboxylic acids is 2. The predicted octanol–water partition coefficient (Wildman–Crippen LogP) is 1.95. The van der Waals surface area contributed by atoms with Crippen molar-refractivity contribution in [1.29, 1.82) is 0 Å². The molecule has 1 aliphatic heterocycles. The molecule has 1 fully saturated rings. The standard InChI is InChI=1S/C15H20N2O3/c1-4-17-14(18)9-13(15(17)19)16-12-7-6-11(20-5-2)8-10(12)3/h6-8,13,16H,4-5,9H2,1-3H3. The van der Waals surface area contributed by atoms with Gasteiger partial charge in [0.05, 0.1) is 13.0 Å². The molecule has 1 aromatic carbocycles. The second-order valence-corrected chi connectivity index (χ2v) is 4.79. The molecule has 108 valence electrons. The Balaban J connectivity index is 2.11. The van der Waals surface area contributed by atoms with Crippen molar-refractivity contribution in [2.75, 3.05) is 18.5 Å². The van der Waals surface area contributed by atoms with Gasteiger partial charge in [-0.3, -0.25) is 14.5 Å². The van der Waals surface area contributed by atoms with Crippen LogP contribution in [0.1, 0.15) is 25.8 Å². The first kappa shape index (κ1) is 14.4. The smallest absolute Gasteiger partial charge is 0.252 e. The Kier molecular flexibility index (Phi) is 4.27. The van der Waals surface area contributed by atoms with Crippen molar-refractivity contribution in [2.45, 2.75) is 33.2 Å². The molecule has 1 atom stereocenters. The van der Waals surface area contributed by atoms with Gasteiger partial charge in [0.1, 0.15) is 11.8 Å². The maximum Gasteiger partial charge on any atom is 0.252 e. The van der Waals surface area contributed by atoms with E-state index in [0.29, 0.717) is 13.2 Å². The maximum absolute atomic E-state index is 12.0. The van der Waals surface area contributed by atoms with Gasteiger partial charge in [-0.2, -0.15) is 0 Å². The van der Waals surface area contributed by atoms with Gasteiger partial charge < -0.3 is 10.1 Å². The monoisotopic (exact) mass is 276 g/mol. The Morgan fingerprint density at radius 1 is 1.35 bits per heavy atom. The molecule has 5 nitrogen and oxygen atoms in total. The Morgan fingerprint density at radius 2 is 2.10 bits per heavy atom. The molecule has 0 bridgehead atoms. The van der Waals surface area contributed by atoms with Crippen LogP contribution in [0.15, 0.2) is 18.2 Å². The van der Waals surface area contributed by atoms with Crippen molar-refractivity contribution in [1.82, 2.24) is 4.90 Å². The first-order valence-electron chi connectivity index (χ1n) is 6.91. The van der Waals surface area contributed by atoms with E-state index < -0.39 is 6.04 Å². The fourth-order valence-electron chi connectivity index (χ4n) is 2.37. The Hall–Kier alpha value is -2.04. The molecule has 0 aliphatic carbocycles. The number of aryl methyl sites for hydroxylation is 1. The lowest BCUT2D eigenvalue weighted by molar-refractivity contribution is -0.138. The van der Waals surface area contributed by atoms with Crippen LogP contribution >= 0.6 is 0 Å². The molecule has 1 aromatic rings. The van der Waals surface area contributed by atoms with Crippen LogP contribution in [0, 0.1) is 6.92 Å². The third-order valence-electron chi connectivity index (χ3n) is 3.40. The molecule has 0 aromatic heterocycles. The normalized spacial score (nSPS) is 18.6. The van der Waals surface area contributed by atoms with Crippen LogP contribution in [0.3, 0.4) is 0 Å². The number of nitrogens with zero attached hydrogens (tertiary/aromatic N) is 1. The average Bonchev–Trinajstić information content (AvgIpc) is 2.67. The van der Waals surface area contributed by atoms with Crippen molar-refractivity contribution >= 4 is 17.5 Å². The zero-order valence-corrected chi connectivity index (χ0v) is 12.1. The third kappa shape index (κ3) is 2.76. The number of rotatable bonds is 5. The number of hydrogen-bond donors (Lipinski definition) is 1. The van der Waals surface area contributed by atoms with Gasteiger partial charge >= 0.3 is 0 Å². The molecule has 0 saturated carbocycles. The number of imide groups is 1. The highest BCUT2D eigenvalue weighted by Gasteiger charge is 2.37. The minimum absolute atomic E-state index is 0.112. The van der Waals surface area contributed by atoms with E-state index in [-0.39, 0.29) is 18.2 Å². The number of hydrogen-bond acceptors (Lipinski definition) is 4. The summed E-state index contributed by atoms with van der Waals surface area (Å²) in [5.41, 5.74) is 1.85. The summed E-state index contributed by atoms with van der Waals surface area (Å²) >= 11 is 0. The summed E-state index contributed by atoms with van der Waals surface area (Å²) in [6.45, 7) is 6.74. The topological polar surface area (TPSA) is 58.6 Å². The van der Waals surface area contributed by atoms with Crippen LogP contribution in [-0.4, -0.2) is 35.9 Å². The van der Waals surface area contributed by atoms with Gasteiger partial charge in [0.2, 0.25) is 5.91 Å². The van der Waals surface area contributed by atoms with E-state index in [9.17, 15) is 9.59 Å². The number of likely N-dealkylation sites (tertiary alicyclic amines) is 1. The second kappa shape index (κ2) is 5.94. The molecule has 1 N–H and O–H groups in total. The van der Waals surface area contributed by atoms with Crippen molar-refractivity contribution < 1.29 is 14.3 Å². The van der Waals surface area contributed by atoms with Crippen LogP contribution < -0.4 is 10.1 Å². The van der Waals surface area contributed by atoms with Crippen molar-refractivity contribution in [3.8, 4) is 5.75 Å². The van der Waals surface area contributed by atoms with Crippen LogP contribution in [0.25, 0.3) is 0 Å². The zero-order chi connectivity index (χ0) is 14.7. The summed E-state index contributed by atoms with van der Waals surface area (Å²) in [6.07, 6.45) is 0.222. The lowest BCUT2D eigenvalue weighted by Crippen LogP contribution is -2.34. The lowest BCUT2D eigenvalue weighted by Gasteiger charge is -2.16. The van der Waals surface area contributed by atoms with Crippen LogP contribution in [0.5, 0.6) is 5.75 Å². The summed E-state index contributed by atoms with van der Waals surface area (Å²) in [6, 6.07) is 5.20. The fraction of sp³-hybridized carbons (Fsp3) is 0.467. The summed E-state index contributed by atoms with van der Waals surface area (Å²) in [4.78, 5) is 25.0. The molecule has 1 unspecified atom stereocenters. The number of ether oxygens (including phenoxy) is 1. The summed E-state index contributed by atoms with van der Waals surface area (Å²) in [7, 11) is 0. The van der Waals surface area contributed by atoms with E-state index in [4.69, 9.17) is 4.74 Å². The largest absolute Gasteiger partial charge is 0.494 e. The van der Waals surface area contributed by atoms with Gasteiger partial charge in [0.15, 0.2) is 0 Å². The van der Waals surface area contributed by atoms with Gasteiger partial charge in [-0.1, -0.05) is 0 Å². The predicted molar refractivity (Wildman–Crippen MR) is 76.8 cm³/mol. The first-order valence-corrected chi connectivity index (χ1v) is 6.91. The fourth-order valence-corrected chi connectivity index (χ4v) is 2.37. The average molecular weight is 276 g/mol. The number of amides is 2. The molecule has 1 aliphatic rings. The zero-order valence-electron chi connectivity index (χ0n) is 12.1. The highest BCUT2D eigenvalue weighted by Crippen LogP contribution is 2.24. The van der Waals surface area contributed by atoms with E-state index in [1.54, 1.807) is 6.92 Å². The van der Waals surface area contributed by atoms with E-state index in [2.05, 4.69) is 5.32 Å². The first-order chi connectivity index (χ1) is 9.56. The summed E-state index contributed by atoms with van der Waals surface area (Å²) in [5.74, 6) is 0.545. The highest BCUT2D eigenvalue weighted by molar-refractivity contribution is 6.06. The van der Waals surface area contributed by atoms with E-state index in [1.807, 2.05) is 32.0 Å². The lowest BCUT2D eigenvalue weighted by atomic mass is 10.1. The Labute approximate surface area is 118 Å². The molecular weight excluding hydrogens is 256 g/mol. The molecular formula is C15H20N2O3. The molecule has 0 spiro atoms. The molecule has 2 rings (SSSR count). The number of carbonyl (C=O) groups is 2. The van der Waals surface area contributed by atoms with Crippen LogP contribution in [-0.2, 0) is 9.59 Å². The quantitative estimate of drug-likeness (QED) is 0.835. The van der Waals surface area contributed by atoms with Gasteiger partial charge in [-0.25, -0.2) is 0 Å². The van der Waals surface area contributed by atoms with Gasteiger partial charge in [-0.15, -0.1) is 0 Å². The van der Waals surface area contributed by atoms with E-state index in [1.165, 1.54) is 4.90 Å². The van der Waals surface area contributed by atoms with Gasteiger partial charge in [0, 0.05) is 12.2 Å². The highest BCUT2D eigenvalue weighted by atomic mass is 16.5. The van der Waals surface area contributed by atoms with E-state index >= 15 is 0 Å². The molecule has 2 amide bonds.